The monoisotopic (exact) mass is 624 g/mol. The van der Waals surface area contributed by atoms with Crippen molar-refractivity contribution in [3.63, 3.8) is 0 Å². The molecule has 0 N–H and O–H groups in total. The van der Waals surface area contributed by atoms with E-state index in [1.54, 1.807) is 0 Å². The first-order valence-electron chi connectivity index (χ1n) is 16.6. The van der Waals surface area contributed by atoms with Crippen molar-refractivity contribution >= 4 is 92.7 Å². The summed E-state index contributed by atoms with van der Waals surface area (Å²) < 4.78 is 11.2. The van der Waals surface area contributed by atoms with E-state index in [1.165, 1.54) is 59.6 Å². The zero-order valence-corrected chi connectivity index (χ0v) is 26.1. The Bertz CT molecular complexity index is 3330. The zero-order chi connectivity index (χ0) is 31.8. The van der Waals surface area contributed by atoms with Gasteiger partial charge in [-0.2, -0.15) is 0 Å². The molecule has 0 unspecified atom stereocenters. The second kappa shape index (κ2) is 9.00. The molecule has 0 aliphatic heterocycles. The third-order valence-corrected chi connectivity index (χ3v) is 10.4. The average molecular weight is 625 g/mol. The molecule has 226 valence electrons. The highest BCUT2D eigenvalue weighted by molar-refractivity contribution is 6.37. The highest BCUT2D eigenvalue weighted by Gasteiger charge is 2.26. The molecule has 12 rings (SSSR count). The van der Waals surface area contributed by atoms with Crippen LogP contribution in [0.4, 0.5) is 0 Å². The van der Waals surface area contributed by atoms with Crippen LogP contribution in [0.25, 0.3) is 110 Å². The molecule has 5 heterocycles. The molecule has 0 aliphatic rings. The van der Waals surface area contributed by atoms with Gasteiger partial charge in [0.1, 0.15) is 16.8 Å². The molecule has 0 fully saturated rings. The lowest BCUT2D eigenvalue weighted by Crippen LogP contribution is -2.02. The predicted octanol–water partition coefficient (Wildman–Crippen LogP) is 11.4. The van der Waals surface area contributed by atoms with Crippen molar-refractivity contribution in [3.05, 3.63) is 146 Å². The van der Waals surface area contributed by atoms with Crippen LogP contribution in [0.5, 0.6) is 0 Å². The van der Waals surface area contributed by atoms with Gasteiger partial charge >= 0.3 is 0 Å². The minimum absolute atomic E-state index is 0.621. The average Bonchev–Trinajstić information content (AvgIpc) is 3.90. The van der Waals surface area contributed by atoms with Crippen molar-refractivity contribution in [2.75, 3.05) is 0 Å². The number of nitrogens with zero attached hydrogens (tertiary/aromatic N) is 4. The van der Waals surface area contributed by atoms with Gasteiger partial charge in [-0.3, -0.25) is 4.57 Å². The smallest absolute Gasteiger partial charge is 0.236 e. The topological polar surface area (TPSA) is 48.3 Å². The predicted molar refractivity (Wildman–Crippen MR) is 201 cm³/mol. The van der Waals surface area contributed by atoms with E-state index in [2.05, 4.69) is 118 Å². The number of benzene rings is 7. The fourth-order valence-electron chi connectivity index (χ4n) is 8.45. The van der Waals surface area contributed by atoms with E-state index in [9.17, 15) is 0 Å². The van der Waals surface area contributed by atoms with Crippen molar-refractivity contribution in [1.29, 1.82) is 0 Å². The molecular formula is C44H24N4O. The second-order valence-corrected chi connectivity index (χ2v) is 12.9. The minimum atomic E-state index is 0.621. The third kappa shape index (κ3) is 3.15. The minimum Gasteiger partial charge on any atom is -0.452 e. The summed E-state index contributed by atoms with van der Waals surface area (Å²) in [5, 5.41) is 10.8. The third-order valence-electron chi connectivity index (χ3n) is 10.4. The Kier molecular flexibility index (Phi) is 4.66. The van der Waals surface area contributed by atoms with Crippen molar-refractivity contribution in [2.45, 2.75) is 0 Å². The van der Waals surface area contributed by atoms with Crippen molar-refractivity contribution < 1.29 is 4.42 Å². The van der Waals surface area contributed by atoms with Gasteiger partial charge in [-0.1, -0.05) is 115 Å². The molecule has 5 heteroatoms. The number of hydrogen-bond donors (Lipinski definition) is 0. The Labute approximate surface area is 278 Å². The highest BCUT2D eigenvalue weighted by atomic mass is 16.3. The van der Waals surface area contributed by atoms with E-state index in [0.29, 0.717) is 11.5 Å². The fourth-order valence-corrected chi connectivity index (χ4v) is 8.45. The van der Waals surface area contributed by atoms with Crippen LogP contribution in [0.1, 0.15) is 0 Å². The van der Waals surface area contributed by atoms with Gasteiger partial charge in [0.05, 0.1) is 27.6 Å². The summed E-state index contributed by atoms with van der Waals surface area (Å²) in [6.07, 6.45) is 0. The molecule has 5 aromatic heterocycles. The maximum absolute atomic E-state index is 6.46. The van der Waals surface area contributed by atoms with E-state index >= 15 is 0 Å². The maximum atomic E-state index is 6.46. The summed E-state index contributed by atoms with van der Waals surface area (Å²) in [7, 11) is 0. The van der Waals surface area contributed by atoms with Gasteiger partial charge in [0.25, 0.3) is 0 Å². The Morgan fingerprint density at radius 3 is 2.02 bits per heavy atom. The Balaban J connectivity index is 1.32. The van der Waals surface area contributed by atoms with Crippen LogP contribution in [-0.2, 0) is 0 Å². The lowest BCUT2D eigenvalue weighted by Gasteiger charge is -2.09. The molecule has 0 amide bonds. The first-order chi connectivity index (χ1) is 24.3. The molecule has 7 aromatic carbocycles. The maximum Gasteiger partial charge on any atom is 0.236 e. The van der Waals surface area contributed by atoms with Crippen molar-refractivity contribution in [1.82, 2.24) is 18.9 Å². The van der Waals surface area contributed by atoms with Crippen molar-refractivity contribution in [3.8, 4) is 17.2 Å². The molecule has 12 aromatic rings. The Morgan fingerprint density at radius 1 is 0.469 bits per heavy atom. The van der Waals surface area contributed by atoms with Crippen LogP contribution in [0.3, 0.4) is 0 Å². The molecule has 0 bridgehead atoms. The van der Waals surface area contributed by atoms with Gasteiger partial charge in [0, 0.05) is 48.7 Å². The van der Waals surface area contributed by atoms with E-state index in [1.807, 2.05) is 36.4 Å². The van der Waals surface area contributed by atoms with Gasteiger partial charge in [-0.25, -0.2) is 9.97 Å². The van der Waals surface area contributed by atoms with Crippen LogP contribution in [0.15, 0.2) is 150 Å². The molecule has 0 spiro atoms. The number of rotatable bonds is 2. The van der Waals surface area contributed by atoms with Gasteiger partial charge in [-0.15, -0.1) is 0 Å². The fraction of sp³-hybridized carbons (Fsp3) is 0. The molecule has 0 saturated heterocycles. The second-order valence-electron chi connectivity index (χ2n) is 12.9. The summed E-state index contributed by atoms with van der Waals surface area (Å²) >= 11 is 0. The molecular weight excluding hydrogens is 601 g/mol. The number of para-hydroxylation sites is 3. The summed E-state index contributed by atoms with van der Waals surface area (Å²) in [4.78, 5) is 10.7. The molecule has 0 saturated carbocycles. The van der Waals surface area contributed by atoms with Gasteiger partial charge in [0.15, 0.2) is 5.58 Å². The first kappa shape index (κ1) is 25.4. The molecule has 0 atom stereocenters. The SMILES string of the molecule is c1ccc(-c2nc(-n3c4ccccc4c4c5c6ccccc6n6c7c8ccccc8ccc7c(cc43)c56)nc3c2oc2ccccc23)cc1. The normalized spacial score (nSPS) is 12.5. The van der Waals surface area contributed by atoms with Gasteiger partial charge < -0.3 is 8.82 Å². The van der Waals surface area contributed by atoms with Crippen LogP contribution in [0, 0.1) is 0 Å². The summed E-state index contributed by atoms with van der Waals surface area (Å²) in [5.74, 6) is 0.621. The van der Waals surface area contributed by atoms with Crippen LogP contribution in [-0.4, -0.2) is 18.9 Å². The van der Waals surface area contributed by atoms with E-state index in [0.717, 1.165) is 38.8 Å². The Morgan fingerprint density at radius 2 is 1.16 bits per heavy atom. The highest BCUT2D eigenvalue weighted by Crippen LogP contribution is 2.48. The lowest BCUT2D eigenvalue weighted by molar-refractivity contribution is 0.666. The molecule has 5 nitrogen and oxygen atoms in total. The Hall–Kier alpha value is -6.72. The number of aromatic nitrogens is 4. The van der Waals surface area contributed by atoms with Crippen molar-refractivity contribution in [2.24, 2.45) is 0 Å². The number of fused-ring (bicyclic) bond motifs is 15. The number of furan rings is 1. The first-order valence-corrected chi connectivity index (χ1v) is 16.6. The van der Waals surface area contributed by atoms with E-state index < -0.39 is 0 Å². The van der Waals surface area contributed by atoms with E-state index in [-0.39, 0.29) is 0 Å². The van der Waals surface area contributed by atoms with Crippen LogP contribution >= 0.6 is 0 Å². The van der Waals surface area contributed by atoms with Crippen LogP contribution < -0.4 is 0 Å². The number of hydrogen-bond acceptors (Lipinski definition) is 3. The quantitative estimate of drug-likeness (QED) is 0.192. The molecule has 0 radical (unpaired) electrons. The standard InChI is InChI=1S/C44H24N4O/c1-2-13-26(14-3-1)39-43-40(31-18-8-11-21-36(31)49-43)46-44(45-39)47-33-19-9-6-16-29(33)37-35(47)24-32-28-23-22-25-12-4-5-15-27(25)41(28)48-34-20-10-7-17-30(34)38(37)42(32)48/h1-24H. The summed E-state index contributed by atoms with van der Waals surface area (Å²) in [5.41, 5.74) is 9.94. The van der Waals surface area contributed by atoms with Gasteiger partial charge in [0.2, 0.25) is 5.95 Å². The van der Waals surface area contributed by atoms with Crippen LogP contribution in [0.2, 0.25) is 0 Å². The summed E-state index contributed by atoms with van der Waals surface area (Å²) in [6.45, 7) is 0. The largest absolute Gasteiger partial charge is 0.452 e. The summed E-state index contributed by atoms with van der Waals surface area (Å²) in [6, 6.07) is 51.6. The molecule has 0 aliphatic carbocycles. The lowest BCUT2D eigenvalue weighted by atomic mass is 10.0. The molecule has 49 heavy (non-hydrogen) atoms. The zero-order valence-electron chi connectivity index (χ0n) is 26.1. The van der Waals surface area contributed by atoms with E-state index in [4.69, 9.17) is 14.4 Å². The van der Waals surface area contributed by atoms with Gasteiger partial charge in [-0.05, 0) is 35.7 Å².